The number of hydroxylamine groups is 1. The monoisotopic (exact) mass is 217 g/mol. The maximum atomic E-state index is 11.4. The first-order valence-electron chi connectivity index (χ1n) is 5.07. The first-order valence-corrected chi connectivity index (χ1v) is 5.07. The average molecular weight is 217 g/mol. The quantitative estimate of drug-likeness (QED) is 0.590. The summed E-state index contributed by atoms with van der Waals surface area (Å²) < 4.78 is 6.57. The lowest BCUT2D eigenvalue weighted by Gasteiger charge is -2.15. The summed E-state index contributed by atoms with van der Waals surface area (Å²) in [7, 11) is 1.53. The van der Waals surface area contributed by atoms with Crippen LogP contribution in [0.5, 0.6) is 5.75 Å². The van der Waals surface area contributed by atoms with Crippen LogP contribution in [0.4, 0.5) is 0 Å². The van der Waals surface area contributed by atoms with Crippen LogP contribution in [0.2, 0.25) is 0 Å². The molecule has 0 saturated carbocycles. The second-order valence-electron chi connectivity index (χ2n) is 3.75. The van der Waals surface area contributed by atoms with Gasteiger partial charge in [0.05, 0.1) is 0 Å². The van der Waals surface area contributed by atoms with Gasteiger partial charge >= 0.3 is 7.48 Å². The summed E-state index contributed by atoms with van der Waals surface area (Å²) in [6.07, 6.45) is 2.30. The Kier molecular flexibility index (Phi) is 2.94. The summed E-state index contributed by atoms with van der Waals surface area (Å²) in [4.78, 5) is 11.4. The van der Waals surface area contributed by atoms with Crippen LogP contribution < -0.4 is 0 Å². The molecule has 1 heterocycles. The number of Topliss-reactive ketones (excluding diaryl/α,β-unsaturated/α-hetero) is 1. The Balaban J connectivity index is 2.11. The number of carbonyl (C=O) groups excluding carboxylic acids is 1. The van der Waals surface area contributed by atoms with E-state index in [1.54, 1.807) is 37.3 Å². The second-order valence-corrected chi connectivity index (χ2v) is 3.75. The highest BCUT2D eigenvalue weighted by molar-refractivity contribution is 6.62. The maximum Gasteiger partial charge on any atom is 0.585 e. The van der Waals surface area contributed by atoms with Crippen LogP contribution in [0, 0.1) is 0 Å². The first-order chi connectivity index (χ1) is 7.66. The SMILES string of the molecule is CC(=O)C(Cc1ccc(O)cc1)[N+]1=C[B]O1. The Morgan fingerprint density at radius 2 is 2.12 bits per heavy atom. The molecule has 0 bridgehead atoms. The van der Waals surface area contributed by atoms with Crippen molar-refractivity contribution in [3.8, 4) is 5.75 Å². The van der Waals surface area contributed by atoms with E-state index in [1.807, 2.05) is 0 Å². The Bertz CT molecular complexity index is 427. The van der Waals surface area contributed by atoms with Crippen molar-refractivity contribution in [1.82, 2.24) is 0 Å². The summed E-state index contributed by atoms with van der Waals surface area (Å²) in [5.74, 6) is 0.278. The smallest absolute Gasteiger partial charge is 0.508 e. The van der Waals surface area contributed by atoms with Gasteiger partial charge in [0.25, 0.3) is 6.04 Å². The number of phenolic OH excluding ortho intramolecular Hbond substituents is 1. The van der Waals surface area contributed by atoms with Crippen molar-refractivity contribution in [3.63, 3.8) is 0 Å². The van der Waals surface area contributed by atoms with Gasteiger partial charge in [-0.3, -0.25) is 4.79 Å². The number of aromatic hydroxyl groups is 1. The fourth-order valence-corrected chi connectivity index (χ4v) is 1.58. The van der Waals surface area contributed by atoms with Crippen molar-refractivity contribution < 1.29 is 19.4 Å². The van der Waals surface area contributed by atoms with E-state index in [0.29, 0.717) is 6.42 Å². The van der Waals surface area contributed by atoms with Gasteiger partial charge < -0.3 is 9.86 Å². The molecule has 1 aliphatic heterocycles. The van der Waals surface area contributed by atoms with Crippen molar-refractivity contribution >= 4 is 19.4 Å². The molecule has 5 heteroatoms. The number of hydrogen-bond donors (Lipinski definition) is 1. The van der Waals surface area contributed by atoms with Gasteiger partial charge in [0.15, 0.2) is 0 Å². The summed E-state index contributed by atoms with van der Waals surface area (Å²) in [6, 6.07) is 6.52. The Morgan fingerprint density at radius 3 is 2.56 bits per heavy atom. The molecule has 16 heavy (non-hydrogen) atoms. The highest BCUT2D eigenvalue weighted by atomic mass is 16.6. The Hall–Kier alpha value is -1.78. The Labute approximate surface area is 94.4 Å². The predicted octanol–water partition coefficient (Wildman–Crippen LogP) is 0.497. The summed E-state index contributed by atoms with van der Waals surface area (Å²) >= 11 is 0. The van der Waals surface area contributed by atoms with Crippen molar-refractivity contribution in [1.29, 1.82) is 0 Å². The lowest BCUT2D eigenvalue weighted by atomic mass is 9.98. The molecule has 0 aromatic heterocycles. The summed E-state index contributed by atoms with van der Waals surface area (Å²) in [5, 5.41) is 9.15. The van der Waals surface area contributed by atoms with Gasteiger partial charge in [-0.2, -0.15) is 0 Å². The number of rotatable bonds is 4. The van der Waals surface area contributed by atoms with Gasteiger partial charge in [-0.15, -0.1) is 0 Å². The molecule has 1 aromatic rings. The van der Waals surface area contributed by atoms with Crippen LogP contribution in [0.25, 0.3) is 0 Å². The van der Waals surface area contributed by atoms with E-state index in [-0.39, 0.29) is 17.6 Å². The minimum Gasteiger partial charge on any atom is -0.508 e. The average Bonchev–Trinajstić information content (AvgIpc) is 2.17. The number of benzene rings is 1. The summed E-state index contributed by atoms with van der Waals surface area (Å²) in [6.45, 7) is 1.54. The van der Waals surface area contributed by atoms with E-state index in [9.17, 15) is 4.79 Å². The van der Waals surface area contributed by atoms with Crippen molar-refractivity contribution in [2.24, 2.45) is 0 Å². The third-order valence-electron chi connectivity index (χ3n) is 2.53. The van der Waals surface area contributed by atoms with Gasteiger partial charge in [-0.25, -0.2) is 0 Å². The van der Waals surface area contributed by atoms with Crippen molar-refractivity contribution in [2.45, 2.75) is 19.4 Å². The fourth-order valence-electron chi connectivity index (χ4n) is 1.58. The lowest BCUT2D eigenvalue weighted by Crippen LogP contribution is -2.43. The van der Waals surface area contributed by atoms with Crippen molar-refractivity contribution in [3.05, 3.63) is 29.8 Å². The summed E-state index contributed by atoms with van der Waals surface area (Å²) in [5.41, 5.74) is 0.988. The maximum absolute atomic E-state index is 11.4. The number of hydrogen-bond acceptors (Lipinski definition) is 3. The predicted molar refractivity (Wildman–Crippen MR) is 59.4 cm³/mol. The topological polar surface area (TPSA) is 49.5 Å². The molecule has 0 amide bonds. The standard InChI is InChI=1S/C11H11BNO3/c1-8(14)11(13-7-12-16-13)6-9-2-4-10(15)5-3-9/h2-5,7,11H,6H2,1H3/p+1. The van der Waals surface area contributed by atoms with E-state index in [1.165, 1.54) is 12.2 Å². The molecule has 1 atom stereocenters. The van der Waals surface area contributed by atoms with E-state index in [2.05, 4.69) is 0 Å². The molecule has 0 saturated heterocycles. The molecule has 1 aromatic carbocycles. The van der Waals surface area contributed by atoms with Gasteiger partial charge in [0, 0.05) is 13.3 Å². The van der Waals surface area contributed by atoms with Gasteiger partial charge in [-0.1, -0.05) is 12.1 Å². The van der Waals surface area contributed by atoms with Crippen LogP contribution in [0.1, 0.15) is 12.5 Å². The number of phenols is 1. The minimum absolute atomic E-state index is 0.0532. The molecule has 1 radical (unpaired) electrons. The second kappa shape index (κ2) is 4.39. The molecule has 0 spiro atoms. The van der Waals surface area contributed by atoms with Crippen LogP contribution in [-0.4, -0.2) is 35.3 Å². The van der Waals surface area contributed by atoms with Crippen molar-refractivity contribution in [2.75, 3.05) is 0 Å². The largest absolute Gasteiger partial charge is 0.585 e. The third kappa shape index (κ3) is 2.24. The zero-order chi connectivity index (χ0) is 11.5. The zero-order valence-electron chi connectivity index (χ0n) is 8.96. The molecule has 0 aliphatic carbocycles. The zero-order valence-corrected chi connectivity index (χ0v) is 8.96. The third-order valence-corrected chi connectivity index (χ3v) is 2.53. The van der Waals surface area contributed by atoms with E-state index in [4.69, 9.17) is 9.86 Å². The first kappa shape index (κ1) is 10.7. The van der Waals surface area contributed by atoms with E-state index >= 15 is 0 Å². The molecule has 1 aliphatic rings. The van der Waals surface area contributed by atoms with Gasteiger partial charge in [0.1, 0.15) is 5.75 Å². The minimum atomic E-state index is -0.297. The fraction of sp³-hybridized carbons (Fsp3) is 0.273. The molecule has 0 fully saturated rings. The number of carbonyl (C=O) groups is 1. The van der Waals surface area contributed by atoms with E-state index in [0.717, 1.165) is 5.56 Å². The lowest BCUT2D eigenvalue weighted by molar-refractivity contribution is -0.775. The van der Waals surface area contributed by atoms with E-state index < -0.39 is 0 Å². The molecular formula is C11H12BNO3+. The normalized spacial score (nSPS) is 15.2. The Morgan fingerprint density at radius 1 is 1.50 bits per heavy atom. The molecule has 2 rings (SSSR count). The molecule has 81 valence electrons. The molecule has 1 N–H and O–H groups in total. The number of nitrogens with zero attached hydrogens (tertiary/aromatic N) is 1. The molecule has 4 nitrogen and oxygen atoms in total. The van der Waals surface area contributed by atoms with Crippen LogP contribution in [-0.2, 0) is 16.0 Å². The highest BCUT2D eigenvalue weighted by Crippen LogP contribution is 2.13. The van der Waals surface area contributed by atoms with Crippen LogP contribution in [0.3, 0.4) is 0 Å². The molecule has 1 unspecified atom stereocenters. The van der Waals surface area contributed by atoms with Crippen LogP contribution in [0.15, 0.2) is 24.3 Å². The van der Waals surface area contributed by atoms with Gasteiger partial charge in [0.2, 0.25) is 11.9 Å². The highest BCUT2D eigenvalue weighted by Gasteiger charge is 2.34. The van der Waals surface area contributed by atoms with Gasteiger partial charge in [-0.05, 0) is 22.4 Å². The molecular weight excluding hydrogens is 205 g/mol. The number of ketones is 1. The van der Waals surface area contributed by atoms with Crippen LogP contribution >= 0.6 is 0 Å².